The van der Waals surface area contributed by atoms with E-state index >= 15 is 0 Å². The molecule has 0 aliphatic heterocycles. The summed E-state index contributed by atoms with van der Waals surface area (Å²) >= 11 is 0. The monoisotopic (exact) mass is 263 g/mol. The Hall–Kier alpha value is -1.47. The number of non-ortho nitro benzene ring substituents is 1. The summed E-state index contributed by atoms with van der Waals surface area (Å²) in [5.74, 6) is -0.608. The third-order valence-corrected chi connectivity index (χ3v) is 3.20. The van der Waals surface area contributed by atoms with Crippen molar-refractivity contribution < 1.29 is 18.1 Å². The molecule has 1 aromatic carbocycles. The third-order valence-electron chi connectivity index (χ3n) is 1.82. The maximum absolute atomic E-state index is 11.1. The van der Waals surface area contributed by atoms with E-state index in [1.165, 1.54) is 0 Å². The first kappa shape index (κ1) is 12.6. The molecule has 0 radical (unpaired) electrons. The van der Waals surface area contributed by atoms with Gasteiger partial charge in [-0.3, -0.25) is 14.9 Å². The highest BCUT2D eigenvalue weighted by Gasteiger charge is 2.21. The summed E-state index contributed by atoms with van der Waals surface area (Å²) < 4.78 is 22.2. The predicted octanol–water partition coefficient (Wildman–Crippen LogP) is 1.72. The van der Waals surface area contributed by atoms with Gasteiger partial charge in [0, 0.05) is 28.4 Å². The van der Waals surface area contributed by atoms with Gasteiger partial charge < -0.3 is 0 Å². The SMILES string of the molecule is CC(=O)c1cc([N+](=O)[O-])ccc1S(=O)(=O)Cl. The lowest BCUT2D eigenvalue weighted by atomic mass is 10.1. The van der Waals surface area contributed by atoms with E-state index in [1.807, 2.05) is 0 Å². The highest BCUT2D eigenvalue weighted by Crippen LogP contribution is 2.24. The van der Waals surface area contributed by atoms with Gasteiger partial charge in [-0.1, -0.05) is 0 Å². The number of carbonyl (C=O) groups excluding carboxylic acids is 1. The van der Waals surface area contributed by atoms with Crippen molar-refractivity contribution >= 4 is 31.2 Å². The van der Waals surface area contributed by atoms with E-state index in [1.54, 1.807) is 0 Å². The molecule has 1 rings (SSSR count). The van der Waals surface area contributed by atoms with E-state index in [0.717, 1.165) is 25.1 Å². The minimum Gasteiger partial charge on any atom is -0.294 e. The summed E-state index contributed by atoms with van der Waals surface area (Å²) in [6.45, 7) is 1.10. The molecule has 16 heavy (non-hydrogen) atoms. The van der Waals surface area contributed by atoms with E-state index < -0.39 is 24.7 Å². The molecule has 0 unspecified atom stereocenters. The number of rotatable bonds is 3. The van der Waals surface area contributed by atoms with Crippen molar-refractivity contribution in [1.29, 1.82) is 0 Å². The van der Waals surface area contributed by atoms with Crippen LogP contribution in [0.3, 0.4) is 0 Å². The van der Waals surface area contributed by atoms with Crippen LogP contribution in [0, 0.1) is 10.1 Å². The molecule has 0 saturated carbocycles. The second-order valence-corrected chi connectivity index (χ2v) is 5.47. The van der Waals surface area contributed by atoms with Crippen molar-refractivity contribution in [2.45, 2.75) is 11.8 Å². The van der Waals surface area contributed by atoms with Crippen molar-refractivity contribution in [1.82, 2.24) is 0 Å². The maximum Gasteiger partial charge on any atom is 0.270 e. The molecular weight excluding hydrogens is 258 g/mol. The zero-order chi connectivity index (χ0) is 12.5. The first-order valence-electron chi connectivity index (χ1n) is 3.97. The molecule has 0 fully saturated rings. The molecule has 0 N–H and O–H groups in total. The average molecular weight is 264 g/mol. The smallest absolute Gasteiger partial charge is 0.270 e. The number of ketones is 1. The van der Waals surface area contributed by atoms with Gasteiger partial charge in [-0.05, 0) is 13.0 Å². The van der Waals surface area contributed by atoms with Crippen molar-refractivity contribution in [2.75, 3.05) is 0 Å². The number of carbonyl (C=O) groups is 1. The Bertz CT molecular complexity index is 566. The Morgan fingerprint density at radius 1 is 1.44 bits per heavy atom. The second-order valence-electron chi connectivity index (χ2n) is 2.93. The van der Waals surface area contributed by atoms with Gasteiger partial charge in [0.05, 0.1) is 9.82 Å². The molecule has 0 heterocycles. The number of benzene rings is 1. The first-order valence-corrected chi connectivity index (χ1v) is 6.28. The molecule has 8 heteroatoms. The number of halogens is 1. The summed E-state index contributed by atoms with van der Waals surface area (Å²) in [7, 11) is 0.998. The summed E-state index contributed by atoms with van der Waals surface area (Å²) in [5, 5.41) is 10.4. The molecule has 86 valence electrons. The van der Waals surface area contributed by atoms with Crippen LogP contribution in [0.1, 0.15) is 17.3 Å². The van der Waals surface area contributed by atoms with Crippen LogP contribution in [-0.2, 0) is 9.05 Å². The van der Waals surface area contributed by atoms with E-state index in [2.05, 4.69) is 0 Å². The van der Waals surface area contributed by atoms with Gasteiger partial charge >= 0.3 is 0 Å². The molecular formula is C8H6ClNO5S. The fourth-order valence-corrected chi connectivity index (χ4v) is 2.22. The molecule has 0 spiro atoms. The van der Waals surface area contributed by atoms with Crippen LogP contribution in [0.25, 0.3) is 0 Å². The normalized spacial score (nSPS) is 11.1. The lowest BCUT2D eigenvalue weighted by Crippen LogP contribution is -2.03. The fourth-order valence-electron chi connectivity index (χ4n) is 1.12. The summed E-state index contributed by atoms with van der Waals surface area (Å²) in [5.41, 5.74) is -0.654. The lowest BCUT2D eigenvalue weighted by molar-refractivity contribution is -0.384. The van der Waals surface area contributed by atoms with Crippen molar-refractivity contribution in [3.8, 4) is 0 Å². The van der Waals surface area contributed by atoms with Gasteiger partial charge in [-0.15, -0.1) is 0 Å². The Labute approximate surface area is 95.4 Å². The number of Topliss-reactive ketones (excluding diaryl/α,β-unsaturated/α-hetero) is 1. The number of hydrogen-bond acceptors (Lipinski definition) is 5. The standard InChI is InChI=1S/C8H6ClNO5S/c1-5(11)7-4-6(10(12)13)2-3-8(7)16(9,14)15/h2-4H,1H3. The number of nitrogens with zero attached hydrogens (tertiary/aromatic N) is 1. The zero-order valence-electron chi connectivity index (χ0n) is 8.01. The minimum absolute atomic E-state index is 0.288. The molecule has 0 saturated heterocycles. The van der Waals surface area contributed by atoms with E-state index in [9.17, 15) is 23.3 Å². The number of nitro groups is 1. The van der Waals surface area contributed by atoms with Crippen molar-refractivity contribution in [3.05, 3.63) is 33.9 Å². The van der Waals surface area contributed by atoms with E-state index in [0.29, 0.717) is 0 Å². The quantitative estimate of drug-likeness (QED) is 0.358. The molecule has 0 atom stereocenters. The van der Waals surface area contributed by atoms with E-state index in [-0.39, 0.29) is 11.3 Å². The van der Waals surface area contributed by atoms with Crippen LogP contribution >= 0.6 is 10.7 Å². The summed E-state index contributed by atoms with van der Waals surface area (Å²) in [6.07, 6.45) is 0. The van der Waals surface area contributed by atoms with Crippen LogP contribution in [-0.4, -0.2) is 19.1 Å². The number of nitro benzene ring substituents is 1. The molecule has 0 bridgehead atoms. The van der Waals surface area contributed by atoms with Crippen LogP contribution in [0.4, 0.5) is 5.69 Å². The third kappa shape index (κ3) is 2.56. The van der Waals surface area contributed by atoms with Gasteiger partial charge in [-0.25, -0.2) is 8.42 Å². The van der Waals surface area contributed by atoms with Crippen molar-refractivity contribution in [2.24, 2.45) is 0 Å². The maximum atomic E-state index is 11.1. The number of hydrogen-bond donors (Lipinski definition) is 0. The molecule has 0 aliphatic rings. The van der Waals surface area contributed by atoms with Gasteiger partial charge in [0.2, 0.25) is 0 Å². The Morgan fingerprint density at radius 3 is 2.38 bits per heavy atom. The van der Waals surface area contributed by atoms with Gasteiger partial charge in [0.25, 0.3) is 14.7 Å². The zero-order valence-corrected chi connectivity index (χ0v) is 9.58. The summed E-state index contributed by atoms with van der Waals surface area (Å²) in [4.78, 5) is 20.4. The van der Waals surface area contributed by atoms with Crippen LogP contribution in [0.15, 0.2) is 23.1 Å². The van der Waals surface area contributed by atoms with Gasteiger partial charge in [0.1, 0.15) is 0 Å². The van der Waals surface area contributed by atoms with E-state index in [4.69, 9.17) is 10.7 Å². The van der Waals surface area contributed by atoms with Crippen LogP contribution in [0.5, 0.6) is 0 Å². The Balaban J connectivity index is 3.55. The molecule has 1 aromatic rings. The van der Waals surface area contributed by atoms with Crippen LogP contribution < -0.4 is 0 Å². The molecule has 0 amide bonds. The molecule has 0 aliphatic carbocycles. The Kier molecular flexibility index (Phi) is 3.30. The van der Waals surface area contributed by atoms with Crippen molar-refractivity contribution in [3.63, 3.8) is 0 Å². The summed E-state index contributed by atoms with van der Waals surface area (Å²) in [6, 6.07) is 2.80. The highest BCUT2D eigenvalue weighted by atomic mass is 35.7. The average Bonchev–Trinajstić information content (AvgIpc) is 2.15. The highest BCUT2D eigenvalue weighted by molar-refractivity contribution is 8.13. The first-order chi connectivity index (χ1) is 7.23. The van der Waals surface area contributed by atoms with Crippen LogP contribution in [0.2, 0.25) is 0 Å². The minimum atomic E-state index is -4.09. The molecule has 0 aromatic heterocycles. The predicted molar refractivity (Wildman–Crippen MR) is 56.1 cm³/mol. The largest absolute Gasteiger partial charge is 0.294 e. The van der Waals surface area contributed by atoms with Gasteiger partial charge in [0.15, 0.2) is 5.78 Å². The lowest BCUT2D eigenvalue weighted by Gasteiger charge is -2.02. The van der Waals surface area contributed by atoms with Gasteiger partial charge in [-0.2, -0.15) is 0 Å². The Morgan fingerprint density at radius 2 is 2.00 bits per heavy atom. The fraction of sp³-hybridized carbons (Fsp3) is 0.125. The topological polar surface area (TPSA) is 94.3 Å². The molecule has 6 nitrogen and oxygen atoms in total. The second kappa shape index (κ2) is 4.18.